The molecule has 2 heteroatoms. The number of hydrogen-bond acceptors (Lipinski definition) is 1. The van der Waals surface area contributed by atoms with Gasteiger partial charge in [0, 0.05) is 13.0 Å². The monoisotopic (exact) mass is 159 g/mol. The van der Waals surface area contributed by atoms with E-state index in [-0.39, 0.29) is 0 Å². The number of nitrogens with zero attached hydrogens (tertiary/aromatic N) is 1. The average Bonchev–Trinajstić information content (AvgIpc) is 2.15. The van der Waals surface area contributed by atoms with Crippen molar-refractivity contribution in [1.82, 2.24) is 5.73 Å². The smallest absolute Gasteiger partial charge is 0.0625 e. The van der Waals surface area contributed by atoms with Gasteiger partial charge in [-0.15, -0.1) is 0 Å². The van der Waals surface area contributed by atoms with Crippen molar-refractivity contribution < 1.29 is 0 Å². The third kappa shape index (κ3) is 2.37. The first-order chi connectivity index (χ1) is 5.86. The van der Waals surface area contributed by atoms with Crippen molar-refractivity contribution in [3.8, 4) is 6.07 Å². The summed E-state index contributed by atoms with van der Waals surface area (Å²) in [5, 5.41) is 8.35. The average molecular weight is 159 g/mol. The van der Waals surface area contributed by atoms with Crippen LogP contribution in [0.15, 0.2) is 24.3 Å². The van der Waals surface area contributed by atoms with Crippen LogP contribution in [-0.4, -0.2) is 0 Å². The second kappa shape index (κ2) is 4.53. The lowest BCUT2D eigenvalue weighted by atomic mass is 10.1. The van der Waals surface area contributed by atoms with Crippen molar-refractivity contribution in [2.24, 2.45) is 0 Å². The van der Waals surface area contributed by atoms with E-state index in [1.54, 1.807) is 0 Å². The molecule has 2 nitrogen and oxygen atoms in total. The van der Waals surface area contributed by atoms with Crippen molar-refractivity contribution in [3.05, 3.63) is 35.4 Å². The molecule has 0 saturated carbocycles. The van der Waals surface area contributed by atoms with Gasteiger partial charge in [-0.3, -0.25) is 5.73 Å². The van der Waals surface area contributed by atoms with Gasteiger partial charge in [0.15, 0.2) is 0 Å². The summed E-state index contributed by atoms with van der Waals surface area (Å²) in [6, 6.07) is 9.97. The summed E-state index contributed by atoms with van der Waals surface area (Å²) >= 11 is 0. The minimum atomic E-state index is 0.332. The predicted molar refractivity (Wildman–Crippen MR) is 47.2 cm³/mol. The molecule has 1 rings (SSSR count). The van der Waals surface area contributed by atoms with Crippen molar-refractivity contribution in [2.75, 3.05) is 0 Å². The van der Waals surface area contributed by atoms with Gasteiger partial charge in [0.1, 0.15) is 0 Å². The van der Waals surface area contributed by atoms with Crippen LogP contribution in [0.2, 0.25) is 0 Å². The quantitative estimate of drug-likeness (QED) is 0.664. The van der Waals surface area contributed by atoms with Gasteiger partial charge in [0.25, 0.3) is 0 Å². The second-order valence-corrected chi connectivity index (χ2v) is 2.65. The summed E-state index contributed by atoms with van der Waals surface area (Å²) < 4.78 is 0. The van der Waals surface area contributed by atoms with Crippen molar-refractivity contribution >= 4 is 0 Å². The van der Waals surface area contributed by atoms with Crippen LogP contribution in [-0.2, 0) is 13.0 Å². The Hall–Kier alpha value is -1.33. The van der Waals surface area contributed by atoms with E-state index in [9.17, 15) is 0 Å². The van der Waals surface area contributed by atoms with E-state index in [0.29, 0.717) is 13.0 Å². The van der Waals surface area contributed by atoms with Crippen LogP contribution in [0.1, 0.15) is 17.5 Å². The zero-order chi connectivity index (χ0) is 8.81. The van der Waals surface area contributed by atoms with E-state index in [1.807, 2.05) is 24.3 Å². The molecule has 0 aliphatic carbocycles. The van der Waals surface area contributed by atoms with E-state index in [4.69, 9.17) is 11.0 Å². The Morgan fingerprint density at radius 2 is 1.75 bits per heavy atom. The molecular formula is C10H11N2. The number of hydrogen-bond donors (Lipinski definition) is 0. The first-order valence-corrected chi connectivity index (χ1v) is 3.96. The largest absolute Gasteiger partial charge is 0.253 e. The molecule has 0 amide bonds. The Morgan fingerprint density at radius 3 is 2.25 bits per heavy atom. The lowest BCUT2D eigenvalue weighted by molar-refractivity contribution is 0.992. The standard InChI is InChI=1S/C10H11N2/c11-7-1-2-9-3-5-10(8-12)6-4-9/h3-6,12H,1-2,8H2. The highest BCUT2D eigenvalue weighted by Crippen LogP contribution is 2.05. The number of rotatable bonds is 3. The lowest BCUT2D eigenvalue weighted by Crippen LogP contribution is -1.87. The molecule has 1 radical (unpaired) electrons. The lowest BCUT2D eigenvalue weighted by Gasteiger charge is -1.98. The number of nitrogens with one attached hydrogen (secondary N) is 1. The first-order valence-electron chi connectivity index (χ1n) is 3.96. The van der Waals surface area contributed by atoms with Gasteiger partial charge in [-0.1, -0.05) is 24.3 Å². The third-order valence-corrected chi connectivity index (χ3v) is 1.75. The molecule has 1 N–H and O–H groups in total. The SMILES string of the molecule is N#CCCc1ccc(C[NH])cc1. The fraction of sp³-hybridized carbons (Fsp3) is 0.300. The zero-order valence-corrected chi connectivity index (χ0v) is 6.88. The van der Waals surface area contributed by atoms with Crippen molar-refractivity contribution in [1.29, 1.82) is 5.26 Å². The van der Waals surface area contributed by atoms with Crippen LogP contribution in [0.3, 0.4) is 0 Å². The summed E-state index contributed by atoms with van der Waals surface area (Å²) in [7, 11) is 0. The maximum absolute atomic E-state index is 8.35. The van der Waals surface area contributed by atoms with Gasteiger partial charge in [-0.25, -0.2) is 0 Å². The Morgan fingerprint density at radius 1 is 1.17 bits per heavy atom. The normalized spacial score (nSPS) is 9.33. The van der Waals surface area contributed by atoms with Crippen LogP contribution < -0.4 is 5.73 Å². The van der Waals surface area contributed by atoms with Crippen LogP contribution in [0.25, 0.3) is 0 Å². The van der Waals surface area contributed by atoms with Gasteiger partial charge in [-0.05, 0) is 17.5 Å². The molecule has 0 aliphatic heterocycles. The van der Waals surface area contributed by atoms with E-state index in [1.165, 1.54) is 5.56 Å². The second-order valence-electron chi connectivity index (χ2n) is 2.65. The summed E-state index contributed by atoms with van der Waals surface area (Å²) in [6.45, 7) is 0.332. The van der Waals surface area contributed by atoms with Gasteiger partial charge in [0.2, 0.25) is 0 Å². The summed E-state index contributed by atoms with van der Waals surface area (Å²) in [5.74, 6) is 0. The van der Waals surface area contributed by atoms with Gasteiger partial charge in [-0.2, -0.15) is 5.26 Å². The molecule has 0 atom stereocenters. The molecule has 61 valence electrons. The molecular weight excluding hydrogens is 148 g/mol. The Labute approximate surface area is 72.6 Å². The highest BCUT2D eigenvalue weighted by molar-refractivity contribution is 5.22. The Balaban J connectivity index is 2.60. The fourth-order valence-electron chi connectivity index (χ4n) is 1.02. The molecule has 0 heterocycles. The van der Waals surface area contributed by atoms with Gasteiger partial charge < -0.3 is 0 Å². The fourth-order valence-corrected chi connectivity index (χ4v) is 1.02. The molecule has 0 saturated heterocycles. The third-order valence-electron chi connectivity index (χ3n) is 1.75. The van der Waals surface area contributed by atoms with Gasteiger partial charge in [0.05, 0.1) is 6.07 Å². The van der Waals surface area contributed by atoms with Crippen LogP contribution in [0.5, 0.6) is 0 Å². The first kappa shape index (κ1) is 8.76. The molecule has 0 aliphatic rings. The summed E-state index contributed by atoms with van der Waals surface area (Å²) in [6.07, 6.45) is 1.38. The molecule has 0 bridgehead atoms. The molecule has 0 fully saturated rings. The maximum Gasteiger partial charge on any atom is 0.0625 e. The number of aryl methyl sites for hydroxylation is 1. The van der Waals surface area contributed by atoms with Crippen LogP contribution >= 0.6 is 0 Å². The molecule has 1 aromatic rings. The van der Waals surface area contributed by atoms with E-state index < -0.39 is 0 Å². The maximum atomic E-state index is 8.35. The van der Waals surface area contributed by atoms with Gasteiger partial charge >= 0.3 is 0 Å². The van der Waals surface area contributed by atoms with E-state index in [0.717, 1.165) is 12.0 Å². The summed E-state index contributed by atoms with van der Waals surface area (Å²) in [4.78, 5) is 0. The molecule has 0 unspecified atom stereocenters. The topological polar surface area (TPSA) is 47.6 Å². The van der Waals surface area contributed by atoms with E-state index >= 15 is 0 Å². The van der Waals surface area contributed by atoms with Crippen molar-refractivity contribution in [3.63, 3.8) is 0 Å². The van der Waals surface area contributed by atoms with E-state index in [2.05, 4.69) is 6.07 Å². The Kier molecular flexibility index (Phi) is 3.31. The highest BCUT2D eigenvalue weighted by Gasteiger charge is 1.92. The number of nitriles is 1. The molecule has 0 aromatic heterocycles. The van der Waals surface area contributed by atoms with Crippen molar-refractivity contribution in [2.45, 2.75) is 19.4 Å². The zero-order valence-electron chi connectivity index (χ0n) is 6.88. The Bertz CT molecular complexity index is 269. The number of benzene rings is 1. The molecule has 0 spiro atoms. The minimum Gasteiger partial charge on any atom is -0.253 e. The van der Waals surface area contributed by atoms with Crippen LogP contribution in [0, 0.1) is 11.3 Å². The minimum absolute atomic E-state index is 0.332. The molecule has 12 heavy (non-hydrogen) atoms. The predicted octanol–water partition coefficient (Wildman–Crippen LogP) is 1.93. The summed E-state index contributed by atoms with van der Waals surface area (Å²) in [5.41, 5.74) is 9.30. The van der Waals surface area contributed by atoms with Crippen LogP contribution in [0.4, 0.5) is 0 Å². The highest BCUT2D eigenvalue weighted by atomic mass is 14.5. The molecule has 1 aromatic carbocycles.